The second-order valence-electron chi connectivity index (χ2n) is 5.36. The van der Waals surface area contributed by atoms with Crippen LogP contribution in [0.3, 0.4) is 0 Å². The number of anilines is 1. The molecule has 26 heavy (non-hydrogen) atoms. The summed E-state index contributed by atoms with van der Waals surface area (Å²) in [5, 5.41) is 13.8. The van der Waals surface area contributed by atoms with Crippen LogP contribution in [0.2, 0.25) is 0 Å². The lowest BCUT2D eigenvalue weighted by Crippen LogP contribution is -2.11. The maximum absolute atomic E-state index is 13.2. The van der Waals surface area contributed by atoms with E-state index < -0.39 is 11.7 Å². The number of benzene rings is 2. The largest absolute Gasteiger partial charge is 0.496 e. The van der Waals surface area contributed by atoms with Crippen LogP contribution in [0, 0.1) is 17.1 Å². The molecule has 0 aliphatic rings. The molecule has 0 atom stereocenters. The van der Waals surface area contributed by atoms with E-state index in [1.165, 1.54) is 35.6 Å². The van der Waals surface area contributed by atoms with E-state index in [0.29, 0.717) is 16.6 Å². The Kier molecular flexibility index (Phi) is 5.25. The Hall–Kier alpha value is -3.24. The Balaban J connectivity index is 1.81. The Morgan fingerprint density at radius 3 is 2.92 bits per heavy atom. The molecular formula is C19H14FN3O2S. The van der Waals surface area contributed by atoms with E-state index in [0.717, 1.165) is 11.1 Å². The van der Waals surface area contributed by atoms with Crippen LogP contribution in [0.4, 0.5) is 9.52 Å². The highest BCUT2D eigenvalue weighted by Gasteiger charge is 2.12. The molecule has 0 saturated heterocycles. The summed E-state index contributed by atoms with van der Waals surface area (Å²) in [4.78, 5) is 16.6. The van der Waals surface area contributed by atoms with E-state index >= 15 is 0 Å². The minimum Gasteiger partial charge on any atom is -0.496 e. The van der Waals surface area contributed by atoms with Gasteiger partial charge < -0.3 is 4.74 Å². The van der Waals surface area contributed by atoms with Crippen LogP contribution in [0.25, 0.3) is 11.3 Å². The van der Waals surface area contributed by atoms with Gasteiger partial charge in [0.05, 0.1) is 25.3 Å². The molecular weight excluding hydrogens is 353 g/mol. The van der Waals surface area contributed by atoms with Crippen molar-refractivity contribution < 1.29 is 13.9 Å². The predicted octanol–water partition coefficient (Wildman–Crippen LogP) is 4.28. The summed E-state index contributed by atoms with van der Waals surface area (Å²) in [6.07, 6.45) is 0.227. The van der Waals surface area contributed by atoms with Gasteiger partial charge in [-0.05, 0) is 36.4 Å². The molecule has 1 amide bonds. The van der Waals surface area contributed by atoms with Crippen LogP contribution in [-0.2, 0) is 6.42 Å². The quantitative estimate of drug-likeness (QED) is 0.730. The third-order valence-electron chi connectivity index (χ3n) is 3.66. The molecule has 1 heterocycles. The van der Waals surface area contributed by atoms with Crippen molar-refractivity contribution in [2.45, 2.75) is 6.42 Å². The summed E-state index contributed by atoms with van der Waals surface area (Å²) in [5.74, 6) is -0.254. The highest BCUT2D eigenvalue weighted by Crippen LogP contribution is 2.29. The van der Waals surface area contributed by atoms with Gasteiger partial charge in [0.1, 0.15) is 11.6 Å². The molecule has 0 unspecified atom stereocenters. The van der Waals surface area contributed by atoms with E-state index in [1.807, 2.05) is 12.1 Å². The fourth-order valence-corrected chi connectivity index (χ4v) is 3.14. The first-order valence-electron chi connectivity index (χ1n) is 7.67. The highest BCUT2D eigenvalue weighted by molar-refractivity contribution is 7.14. The number of nitrogens with one attached hydrogen (secondary N) is 1. The monoisotopic (exact) mass is 367 g/mol. The number of thiazole rings is 1. The van der Waals surface area contributed by atoms with Crippen LogP contribution in [-0.4, -0.2) is 18.0 Å². The molecule has 5 nitrogen and oxygen atoms in total. The molecule has 2 aromatic carbocycles. The van der Waals surface area contributed by atoms with Crippen LogP contribution >= 0.6 is 11.3 Å². The van der Waals surface area contributed by atoms with Gasteiger partial charge in [0.15, 0.2) is 5.13 Å². The second-order valence-corrected chi connectivity index (χ2v) is 6.22. The zero-order valence-corrected chi connectivity index (χ0v) is 14.6. The Bertz CT molecular complexity index is 994. The molecule has 0 aliphatic carbocycles. The topological polar surface area (TPSA) is 75.0 Å². The van der Waals surface area contributed by atoms with Gasteiger partial charge >= 0.3 is 0 Å². The first kappa shape index (κ1) is 17.6. The number of halogens is 1. The number of rotatable bonds is 5. The van der Waals surface area contributed by atoms with E-state index in [2.05, 4.69) is 16.4 Å². The van der Waals surface area contributed by atoms with Crippen LogP contribution in [0.1, 0.15) is 15.9 Å². The summed E-state index contributed by atoms with van der Waals surface area (Å²) in [5.41, 5.74) is 2.48. The summed E-state index contributed by atoms with van der Waals surface area (Å²) in [7, 11) is 1.55. The zero-order valence-electron chi connectivity index (χ0n) is 13.8. The number of hydrogen-bond acceptors (Lipinski definition) is 5. The lowest BCUT2D eigenvalue weighted by molar-refractivity contribution is 0.102. The first-order valence-corrected chi connectivity index (χ1v) is 8.55. The summed E-state index contributed by atoms with van der Waals surface area (Å²) >= 11 is 1.27. The molecule has 0 saturated carbocycles. The van der Waals surface area contributed by atoms with Crippen molar-refractivity contribution >= 4 is 22.4 Å². The number of aromatic nitrogens is 1. The van der Waals surface area contributed by atoms with Crippen molar-refractivity contribution in [3.63, 3.8) is 0 Å². The molecule has 0 radical (unpaired) electrons. The number of ether oxygens (including phenoxy) is 1. The van der Waals surface area contributed by atoms with Crippen molar-refractivity contribution in [3.05, 3.63) is 64.8 Å². The van der Waals surface area contributed by atoms with Crippen LogP contribution in [0.5, 0.6) is 5.75 Å². The first-order chi connectivity index (χ1) is 12.6. The molecule has 0 bridgehead atoms. The number of carbonyl (C=O) groups excluding carboxylic acids is 1. The van der Waals surface area contributed by atoms with Gasteiger partial charge in [-0.3, -0.25) is 10.1 Å². The lowest BCUT2D eigenvalue weighted by Gasteiger charge is -2.07. The Labute approximate surface area is 153 Å². The molecule has 130 valence electrons. The predicted molar refractivity (Wildman–Crippen MR) is 97.8 cm³/mol. The third-order valence-corrected chi connectivity index (χ3v) is 4.41. The van der Waals surface area contributed by atoms with Crippen molar-refractivity contribution in [2.24, 2.45) is 0 Å². The lowest BCUT2D eigenvalue weighted by atomic mass is 10.1. The average molecular weight is 367 g/mol. The van der Waals surface area contributed by atoms with Gasteiger partial charge in [-0.2, -0.15) is 5.26 Å². The molecule has 0 fully saturated rings. The number of nitriles is 1. The Morgan fingerprint density at radius 1 is 1.35 bits per heavy atom. The maximum atomic E-state index is 13.2. The second kappa shape index (κ2) is 7.76. The van der Waals surface area contributed by atoms with Gasteiger partial charge in [-0.25, -0.2) is 9.37 Å². The fraction of sp³-hybridized carbons (Fsp3) is 0.105. The van der Waals surface area contributed by atoms with Gasteiger partial charge in [-0.15, -0.1) is 11.3 Å². The van der Waals surface area contributed by atoms with Crippen LogP contribution < -0.4 is 10.1 Å². The van der Waals surface area contributed by atoms with E-state index in [1.54, 1.807) is 18.6 Å². The fourth-order valence-electron chi connectivity index (χ4n) is 2.42. The number of nitrogens with zero attached hydrogens (tertiary/aromatic N) is 2. The molecule has 1 aromatic heterocycles. The van der Waals surface area contributed by atoms with E-state index in [4.69, 9.17) is 10.00 Å². The average Bonchev–Trinajstić information content (AvgIpc) is 3.10. The van der Waals surface area contributed by atoms with Crippen molar-refractivity contribution in [1.82, 2.24) is 4.98 Å². The standard InChI is InChI=1S/C19H14FN3O2S/c1-25-17-6-5-12(9-13(17)7-8-21)16-11-26-19(22-16)23-18(24)14-3-2-4-15(20)10-14/h2-6,9-11H,7H2,1H3,(H,22,23,24). The number of amides is 1. The molecule has 7 heteroatoms. The zero-order chi connectivity index (χ0) is 18.5. The molecule has 3 rings (SSSR count). The highest BCUT2D eigenvalue weighted by atomic mass is 32.1. The number of carbonyl (C=O) groups is 1. The number of hydrogen-bond donors (Lipinski definition) is 1. The number of methoxy groups -OCH3 is 1. The van der Waals surface area contributed by atoms with E-state index in [-0.39, 0.29) is 12.0 Å². The van der Waals surface area contributed by atoms with Crippen LogP contribution in [0.15, 0.2) is 47.8 Å². The van der Waals surface area contributed by atoms with Gasteiger partial charge in [0, 0.05) is 22.1 Å². The van der Waals surface area contributed by atoms with E-state index in [9.17, 15) is 9.18 Å². The molecule has 0 spiro atoms. The minimum absolute atomic E-state index is 0.225. The van der Waals surface area contributed by atoms with Crippen molar-refractivity contribution in [1.29, 1.82) is 5.26 Å². The smallest absolute Gasteiger partial charge is 0.257 e. The summed E-state index contributed by atoms with van der Waals surface area (Å²) in [6, 6.07) is 13.0. The van der Waals surface area contributed by atoms with Crippen molar-refractivity contribution in [2.75, 3.05) is 12.4 Å². The van der Waals surface area contributed by atoms with Gasteiger partial charge in [0.25, 0.3) is 5.91 Å². The summed E-state index contributed by atoms with van der Waals surface area (Å²) < 4.78 is 18.5. The van der Waals surface area contributed by atoms with Crippen molar-refractivity contribution in [3.8, 4) is 23.1 Å². The molecule has 0 aliphatic heterocycles. The molecule has 3 aromatic rings. The summed E-state index contributed by atoms with van der Waals surface area (Å²) in [6.45, 7) is 0. The minimum atomic E-state index is -0.472. The Morgan fingerprint density at radius 2 is 2.19 bits per heavy atom. The molecule has 1 N–H and O–H groups in total. The SMILES string of the molecule is COc1ccc(-c2csc(NC(=O)c3cccc(F)c3)n2)cc1CC#N. The maximum Gasteiger partial charge on any atom is 0.257 e. The van der Waals surface area contributed by atoms with Gasteiger partial charge in [-0.1, -0.05) is 6.07 Å². The van der Waals surface area contributed by atoms with Gasteiger partial charge in [0.2, 0.25) is 0 Å². The normalized spacial score (nSPS) is 10.2. The third kappa shape index (κ3) is 3.87.